The number of amides is 1. The minimum atomic E-state index is -4.35. The van der Waals surface area contributed by atoms with E-state index in [2.05, 4.69) is 165 Å². The van der Waals surface area contributed by atoms with Gasteiger partial charge in [-0.3, -0.25) is 13.8 Å². The third-order valence-corrected chi connectivity index (χ3v) is 15.6. The Morgan fingerprint density at radius 1 is 0.417 bits per heavy atom. The van der Waals surface area contributed by atoms with E-state index < -0.39 is 20.0 Å². The SMILES string of the molecule is CC/C=C\C/C=C\C/C=C\C/C=C\C/C=C\C/C=C\C/C=C\C/C=C\C/C=C\C/C=C\C/C=C\C/C=C\CCCCC(=O)NC(COP(=O)(O)OCC[N+](C)(C)C)C(O)CCCCCCCCCCCCCCCCCCCCCCCCC. The highest BCUT2D eigenvalue weighted by atomic mass is 31.2. The Hall–Kier alpha value is -3.62. The molecule has 3 unspecified atom stereocenters. The summed E-state index contributed by atoms with van der Waals surface area (Å²) in [4.78, 5) is 23.4. The summed E-state index contributed by atoms with van der Waals surface area (Å²) >= 11 is 0. The molecule has 0 aliphatic heterocycles. The summed E-state index contributed by atoms with van der Waals surface area (Å²) in [5, 5.41) is 14.1. The molecule has 0 fully saturated rings. The summed E-state index contributed by atoms with van der Waals surface area (Å²) in [7, 11) is 1.57. The Balaban J connectivity index is 4.22. The number of rotatable bonds is 61. The van der Waals surface area contributed by atoms with Crippen LogP contribution >= 0.6 is 7.82 Å². The van der Waals surface area contributed by atoms with E-state index >= 15 is 0 Å². The van der Waals surface area contributed by atoms with Crippen LogP contribution in [0.1, 0.15) is 271 Å². The number of carbonyl (C=O) groups excluding carboxylic acids is 1. The lowest BCUT2D eigenvalue weighted by molar-refractivity contribution is -0.870. The van der Waals surface area contributed by atoms with Crippen LogP contribution in [0.3, 0.4) is 0 Å². The van der Waals surface area contributed by atoms with E-state index in [1.165, 1.54) is 128 Å². The Kier molecular flexibility index (Phi) is 61.1. The molecular weight excluding hydrogens is 1060 g/mol. The molecule has 0 rings (SSSR count). The third-order valence-electron chi connectivity index (χ3n) is 14.6. The summed E-state index contributed by atoms with van der Waals surface area (Å²) < 4.78 is 23.8. The number of carbonyl (C=O) groups is 1. The first-order valence-corrected chi connectivity index (χ1v) is 35.7. The van der Waals surface area contributed by atoms with Crippen LogP contribution in [0.2, 0.25) is 0 Å². The molecular formula is C75H130N2O6P+. The number of hydrogen-bond acceptors (Lipinski definition) is 5. The summed E-state index contributed by atoms with van der Waals surface area (Å²) in [5.74, 6) is -0.189. The first-order valence-electron chi connectivity index (χ1n) is 34.2. The van der Waals surface area contributed by atoms with E-state index in [0.29, 0.717) is 30.3 Å². The third kappa shape index (κ3) is 65.9. The summed E-state index contributed by atoms with van der Waals surface area (Å²) in [5.41, 5.74) is 0. The number of phosphoric ester groups is 1. The second-order valence-corrected chi connectivity index (χ2v) is 25.3. The van der Waals surface area contributed by atoms with Gasteiger partial charge in [-0.05, 0) is 103 Å². The topological polar surface area (TPSA) is 105 Å². The Bertz CT molecular complexity index is 1880. The number of aliphatic hydroxyl groups excluding tert-OH is 1. The number of aliphatic hydroxyl groups is 1. The molecule has 8 nitrogen and oxygen atoms in total. The van der Waals surface area contributed by atoms with Crippen molar-refractivity contribution in [1.82, 2.24) is 5.32 Å². The van der Waals surface area contributed by atoms with Crippen molar-refractivity contribution in [3.8, 4) is 0 Å². The summed E-state index contributed by atoms with van der Waals surface area (Å²) in [6.07, 6.45) is 98.0. The van der Waals surface area contributed by atoms with Crippen molar-refractivity contribution in [1.29, 1.82) is 0 Å². The number of quaternary nitrogens is 1. The second-order valence-electron chi connectivity index (χ2n) is 23.8. The summed E-state index contributed by atoms with van der Waals surface area (Å²) in [6, 6.07) is -0.796. The molecule has 0 bridgehead atoms. The van der Waals surface area contributed by atoms with Gasteiger partial charge in [-0.15, -0.1) is 0 Å². The normalized spacial score (nSPS) is 14.6. The largest absolute Gasteiger partial charge is 0.472 e. The minimum absolute atomic E-state index is 0.0588. The van der Waals surface area contributed by atoms with Gasteiger partial charge in [0.05, 0.1) is 39.9 Å². The molecule has 0 saturated heterocycles. The predicted octanol–water partition coefficient (Wildman–Crippen LogP) is 22.0. The van der Waals surface area contributed by atoms with Gasteiger partial charge in [0, 0.05) is 6.42 Å². The average Bonchev–Trinajstić information content (AvgIpc) is 3.56. The van der Waals surface area contributed by atoms with E-state index in [1.54, 1.807) is 0 Å². The molecule has 0 radical (unpaired) electrons. The van der Waals surface area contributed by atoms with Gasteiger partial charge in [0.25, 0.3) is 0 Å². The maximum Gasteiger partial charge on any atom is 0.472 e. The molecule has 3 N–H and O–H groups in total. The Morgan fingerprint density at radius 3 is 1.02 bits per heavy atom. The van der Waals surface area contributed by atoms with Gasteiger partial charge in [0.2, 0.25) is 5.91 Å². The van der Waals surface area contributed by atoms with Gasteiger partial charge in [-0.2, -0.15) is 0 Å². The first kappa shape index (κ1) is 80.4. The van der Waals surface area contributed by atoms with Gasteiger partial charge >= 0.3 is 7.82 Å². The van der Waals surface area contributed by atoms with Gasteiger partial charge < -0.3 is 19.8 Å². The fourth-order valence-electron chi connectivity index (χ4n) is 9.32. The van der Waals surface area contributed by atoms with Crippen LogP contribution in [-0.4, -0.2) is 73.4 Å². The number of unbranched alkanes of at least 4 members (excludes halogenated alkanes) is 24. The Morgan fingerprint density at radius 2 is 0.714 bits per heavy atom. The average molecular weight is 1190 g/mol. The molecule has 0 aliphatic carbocycles. The molecule has 84 heavy (non-hydrogen) atoms. The minimum Gasteiger partial charge on any atom is -0.391 e. The molecule has 480 valence electrons. The lowest BCUT2D eigenvalue weighted by Gasteiger charge is -2.26. The molecule has 0 aromatic heterocycles. The maximum atomic E-state index is 13.0. The van der Waals surface area contributed by atoms with Gasteiger partial charge in [-0.1, -0.05) is 307 Å². The zero-order valence-electron chi connectivity index (χ0n) is 54.8. The van der Waals surface area contributed by atoms with Crippen LogP contribution in [0.15, 0.2) is 146 Å². The summed E-state index contributed by atoms with van der Waals surface area (Å²) in [6.45, 7) is 4.75. The van der Waals surface area contributed by atoms with Crippen molar-refractivity contribution in [2.75, 3.05) is 40.9 Å². The lowest BCUT2D eigenvalue weighted by atomic mass is 10.0. The van der Waals surface area contributed by atoms with Crippen LogP contribution in [0.4, 0.5) is 0 Å². The van der Waals surface area contributed by atoms with Gasteiger partial charge in [0.15, 0.2) is 0 Å². The van der Waals surface area contributed by atoms with Crippen molar-refractivity contribution in [3.05, 3.63) is 146 Å². The highest BCUT2D eigenvalue weighted by molar-refractivity contribution is 7.47. The van der Waals surface area contributed by atoms with Crippen molar-refractivity contribution < 1.29 is 32.9 Å². The smallest absolute Gasteiger partial charge is 0.391 e. The van der Waals surface area contributed by atoms with Crippen molar-refractivity contribution in [2.24, 2.45) is 0 Å². The standard InChI is InChI=1S/C75H129N2O6P/c1-6-8-10-12-14-16-18-20-22-24-26-28-30-31-32-33-34-35-36-37-38-39-40-41-42-43-44-45-47-49-51-53-55-57-59-61-63-65-67-69-75(79)76-73(72-83-84(80,81)82-71-70-77(3,4)5)74(78)68-66-64-62-60-58-56-54-52-50-48-46-29-27-25-23-21-19-17-15-13-11-9-7-2/h8,10,14,16,20,22,26,28,31-32,34-35,37-38,40-41,43-44,47,49,53,55,59,61,73-74,78H,6-7,9,11-13,15,17-19,21,23-25,27,29-30,33,36,39,42,45-46,48,50-52,54,56-58,60,62-72H2,1-5H3,(H-,76,79,80,81)/p+1/b10-8-,16-14-,22-20-,28-26-,32-31-,35-34-,38-37-,41-40-,44-43-,49-47-,55-53-,61-59-. The number of allylic oxidation sites excluding steroid dienone is 24. The van der Waals surface area contributed by atoms with Crippen LogP contribution in [0, 0.1) is 0 Å². The highest BCUT2D eigenvalue weighted by Gasteiger charge is 2.28. The zero-order chi connectivity index (χ0) is 61.2. The predicted molar refractivity (Wildman–Crippen MR) is 368 cm³/mol. The lowest BCUT2D eigenvalue weighted by Crippen LogP contribution is -2.46. The van der Waals surface area contributed by atoms with Gasteiger partial charge in [-0.25, -0.2) is 4.57 Å². The fraction of sp³-hybridized carbons (Fsp3) is 0.667. The maximum absolute atomic E-state index is 13.0. The van der Waals surface area contributed by atoms with Crippen molar-refractivity contribution >= 4 is 13.7 Å². The fourth-order valence-corrected chi connectivity index (χ4v) is 10.1. The Labute approximate surface area is 519 Å². The molecule has 3 atom stereocenters. The highest BCUT2D eigenvalue weighted by Crippen LogP contribution is 2.43. The first-order chi connectivity index (χ1) is 41.0. The quantitative estimate of drug-likeness (QED) is 0.0243. The van der Waals surface area contributed by atoms with E-state index in [1.807, 2.05) is 21.1 Å². The molecule has 0 heterocycles. The molecule has 0 spiro atoms. The van der Waals surface area contributed by atoms with Gasteiger partial charge in [0.1, 0.15) is 13.2 Å². The monoisotopic (exact) mass is 1190 g/mol. The molecule has 9 heteroatoms. The van der Waals surface area contributed by atoms with E-state index in [4.69, 9.17) is 9.05 Å². The van der Waals surface area contributed by atoms with E-state index in [-0.39, 0.29) is 19.1 Å². The zero-order valence-corrected chi connectivity index (χ0v) is 55.7. The van der Waals surface area contributed by atoms with Crippen molar-refractivity contribution in [3.63, 3.8) is 0 Å². The van der Waals surface area contributed by atoms with E-state index in [0.717, 1.165) is 109 Å². The van der Waals surface area contributed by atoms with Crippen molar-refractivity contribution in [2.45, 2.75) is 283 Å². The number of phosphoric acid groups is 1. The molecule has 0 aromatic carbocycles. The second kappa shape index (κ2) is 63.9. The number of hydrogen-bond donors (Lipinski definition) is 3. The number of nitrogens with zero attached hydrogens (tertiary/aromatic N) is 1. The molecule has 0 aromatic rings. The molecule has 1 amide bonds. The molecule has 0 saturated carbocycles. The number of nitrogens with one attached hydrogen (secondary N) is 1. The van der Waals surface area contributed by atoms with Crippen LogP contribution in [0.25, 0.3) is 0 Å². The van der Waals surface area contributed by atoms with Crippen LogP contribution < -0.4 is 5.32 Å². The van der Waals surface area contributed by atoms with E-state index in [9.17, 15) is 19.4 Å². The number of likely N-dealkylation sites (N-methyl/N-ethyl adjacent to an activating group) is 1. The molecule has 0 aliphatic rings. The van der Waals surface area contributed by atoms with Crippen LogP contribution in [0.5, 0.6) is 0 Å². The van der Waals surface area contributed by atoms with Crippen LogP contribution in [-0.2, 0) is 18.4 Å².